The van der Waals surface area contributed by atoms with Crippen molar-refractivity contribution >= 4 is 34.7 Å². The fraction of sp³-hybridized carbons (Fsp3) is 0.333. The van der Waals surface area contributed by atoms with E-state index in [0.717, 1.165) is 54.1 Å². The van der Waals surface area contributed by atoms with Crippen LogP contribution in [-0.4, -0.2) is 94.8 Å². The lowest BCUT2D eigenvalue weighted by Gasteiger charge is -2.34. The molecule has 1 saturated heterocycles. The summed E-state index contributed by atoms with van der Waals surface area (Å²) in [5, 5.41) is 16.6. The Balaban J connectivity index is 0.000000507. The zero-order chi connectivity index (χ0) is 29.9. The molecule has 2 aromatic carbocycles. The third-order valence-electron chi connectivity index (χ3n) is 6.72. The molecular weight excluding hydrogens is 530 g/mol. The molecule has 0 aliphatic carbocycles. The third kappa shape index (κ3) is 8.18. The Labute approximate surface area is 238 Å². The van der Waals surface area contributed by atoms with Gasteiger partial charge in [-0.1, -0.05) is 18.2 Å². The van der Waals surface area contributed by atoms with E-state index in [2.05, 4.69) is 15.5 Å². The lowest BCUT2D eigenvalue weighted by molar-refractivity contribution is -0.134. The van der Waals surface area contributed by atoms with Crippen molar-refractivity contribution in [3.05, 3.63) is 77.5 Å². The molecule has 0 unspecified atom stereocenters. The average Bonchev–Trinajstić information content (AvgIpc) is 3.26. The number of piperazine rings is 1. The Morgan fingerprint density at radius 1 is 0.878 bits per heavy atom. The number of ether oxygens (including phenoxy) is 2. The fourth-order valence-corrected chi connectivity index (χ4v) is 4.65. The first-order valence-electron chi connectivity index (χ1n) is 13.2. The average molecular weight is 566 g/mol. The van der Waals surface area contributed by atoms with E-state index in [4.69, 9.17) is 19.7 Å². The molecule has 11 heteroatoms. The first-order chi connectivity index (χ1) is 19.7. The summed E-state index contributed by atoms with van der Waals surface area (Å²) in [5.74, 6) is -1.76. The van der Waals surface area contributed by atoms with Gasteiger partial charge < -0.3 is 29.2 Å². The number of para-hydroxylation sites is 1. The summed E-state index contributed by atoms with van der Waals surface area (Å²) in [6.45, 7) is 8.85. The highest BCUT2D eigenvalue weighted by Crippen LogP contribution is 2.28. The van der Waals surface area contributed by atoms with Gasteiger partial charge in [-0.25, -0.2) is 14.4 Å². The third-order valence-corrected chi connectivity index (χ3v) is 6.72. The lowest BCUT2D eigenvalue weighted by Crippen LogP contribution is -2.49. The maximum atomic E-state index is 13.4. The number of hydrogen-bond acceptors (Lipinski definition) is 7. The Morgan fingerprint density at radius 3 is 2.05 bits per heavy atom. The monoisotopic (exact) mass is 565 g/mol. The number of carbonyl (C=O) groups excluding carboxylic acids is 2. The number of ketones is 1. The van der Waals surface area contributed by atoms with Crippen LogP contribution in [0.4, 0.5) is 4.79 Å². The minimum absolute atomic E-state index is 0.0214. The van der Waals surface area contributed by atoms with E-state index >= 15 is 0 Å². The summed E-state index contributed by atoms with van der Waals surface area (Å²) in [7, 11) is 1.62. The van der Waals surface area contributed by atoms with Gasteiger partial charge in [0.05, 0.1) is 19.3 Å². The van der Waals surface area contributed by atoms with Crippen molar-refractivity contribution in [2.24, 2.45) is 0 Å². The maximum Gasteiger partial charge on any atom is 0.409 e. The predicted octanol–water partition coefficient (Wildman–Crippen LogP) is 3.68. The first-order valence-corrected chi connectivity index (χ1v) is 13.2. The zero-order valence-electron chi connectivity index (χ0n) is 23.4. The number of nitrogens with zero attached hydrogens (tertiary/aromatic N) is 3. The number of carboxylic acid groups (broad SMARTS) is 2. The first kappa shape index (κ1) is 30.9. The van der Waals surface area contributed by atoms with Crippen LogP contribution in [0.25, 0.3) is 10.9 Å². The Morgan fingerprint density at radius 2 is 1.49 bits per heavy atom. The van der Waals surface area contributed by atoms with Crippen LogP contribution in [0.1, 0.15) is 28.5 Å². The summed E-state index contributed by atoms with van der Waals surface area (Å²) in [5.41, 5.74) is 3.44. The Bertz CT molecular complexity index is 1390. The summed E-state index contributed by atoms with van der Waals surface area (Å²) >= 11 is 0. The van der Waals surface area contributed by atoms with Crippen LogP contribution in [0.2, 0.25) is 0 Å². The second-order valence-corrected chi connectivity index (χ2v) is 9.22. The van der Waals surface area contributed by atoms with Crippen molar-refractivity contribution in [3.8, 4) is 5.75 Å². The van der Waals surface area contributed by atoms with Crippen molar-refractivity contribution in [2.75, 3.05) is 46.4 Å². The molecule has 0 atom stereocenters. The van der Waals surface area contributed by atoms with E-state index in [-0.39, 0.29) is 11.9 Å². The summed E-state index contributed by atoms with van der Waals surface area (Å²) in [6.07, 6.45) is 0.885. The number of benzene rings is 2. The van der Waals surface area contributed by atoms with Crippen molar-refractivity contribution in [2.45, 2.75) is 20.4 Å². The van der Waals surface area contributed by atoms with Crippen molar-refractivity contribution in [1.29, 1.82) is 0 Å². The molecule has 0 bridgehead atoms. The second-order valence-electron chi connectivity index (χ2n) is 9.22. The lowest BCUT2D eigenvalue weighted by atomic mass is 10.0. The minimum atomic E-state index is -1.26. The summed E-state index contributed by atoms with van der Waals surface area (Å²) < 4.78 is 12.6. The molecule has 0 saturated carbocycles. The van der Waals surface area contributed by atoms with Gasteiger partial charge in [0.2, 0.25) is 0 Å². The highest BCUT2D eigenvalue weighted by molar-refractivity contribution is 6.17. The number of carbonyl (C=O) groups is 4. The van der Waals surface area contributed by atoms with E-state index < -0.39 is 11.9 Å². The van der Waals surface area contributed by atoms with Crippen molar-refractivity contribution in [3.63, 3.8) is 0 Å². The fourth-order valence-electron chi connectivity index (χ4n) is 4.65. The standard InChI is InChI=1S/C26H31N3O4.C4H4O4/c1-4-33-26(31)28-16-13-27(14-17-28)15-18-29-19(2)24(22-7-5-6-8-23(22)29)25(30)20-9-11-21(32-3)12-10-20;5-3(6)1-2-4(7)8/h5-12H,4,13-18H2,1-3H3;1-2H,(H,5,6)(H,7,8). The smallest absolute Gasteiger partial charge is 0.409 e. The molecule has 1 fully saturated rings. The molecule has 4 rings (SSSR count). The van der Waals surface area contributed by atoms with Crippen LogP contribution in [-0.2, 0) is 20.9 Å². The normalized spacial score (nSPS) is 13.5. The highest BCUT2D eigenvalue weighted by atomic mass is 16.6. The number of amides is 1. The topological polar surface area (TPSA) is 139 Å². The van der Waals surface area contributed by atoms with Crippen molar-refractivity contribution < 1.29 is 38.9 Å². The molecule has 1 aromatic heterocycles. The van der Waals surface area contributed by atoms with Gasteiger partial charge in [-0.3, -0.25) is 9.69 Å². The van der Waals surface area contributed by atoms with E-state index in [1.165, 1.54) is 0 Å². The molecule has 11 nitrogen and oxygen atoms in total. The zero-order valence-corrected chi connectivity index (χ0v) is 23.4. The molecular formula is C30H35N3O8. The number of aliphatic carboxylic acids is 2. The van der Waals surface area contributed by atoms with E-state index in [1.54, 1.807) is 12.0 Å². The number of carboxylic acids is 2. The summed E-state index contributed by atoms with van der Waals surface area (Å²) in [4.78, 5) is 48.6. The van der Waals surface area contributed by atoms with E-state index in [0.29, 0.717) is 37.4 Å². The molecule has 1 aliphatic heterocycles. The highest BCUT2D eigenvalue weighted by Gasteiger charge is 2.24. The van der Waals surface area contributed by atoms with Gasteiger partial charge in [0.1, 0.15) is 5.75 Å². The van der Waals surface area contributed by atoms with E-state index in [1.807, 2.05) is 56.3 Å². The molecule has 0 spiro atoms. The molecule has 218 valence electrons. The molecule has 1 amide bonds. The quantitative estimate of drug-likeness (QED) is 0.294. The number of hydrogen-bond donors (Lipinski definition) is 2. The number of fused-ring (bicyclic) bond motifs is 1. The Hall–Kier alpha value is -4.64. The molecule has 3 aromatic rings. The van der Waals surface area contributed by atoms with Crippen LogP contribution in [0, 0.1) is 6.92 Å². The van der Waals surface area contributed by atoms with Crippen LogP contribution < -0.4 is 4.74 Å². The number of methoxy groups -OCH3 is 1. The molecule has 0 radical (unpaired) electrons. The van der Waals surface area contributed by atoms with Gasteiger partial charge in [-0.15, -0.1) is 0 Å². The maximum absolute atomic E-state index is 13.4. The van der Waals surface area contributed by atoms with Gasteiger partial charge in [0.15, 0.2) is 5.78 Å². The SMILES string of the molecule is CCOC(=O)N1CCN(CCn2c(C)c(C(=O)c3ccc(OC)cc3)c3ccccc32)CC1.O=C(O)C=CC(=O)O. The van der Waals surface area contributed by atoms with Gasteiger partial charge in [0.25, 0.3) is 0 Å². The number of rotatable bonds is 9. The van der Waals surface area contributed by atoms with Crippen LogP contribution >= 0.6 is 0 Å². The van der Waals surface area contributed by atoms with Crippen LogP contribution in [0.15, 0.2) is 60.7 Å². The largest absolute Gasteiger partial charge is 0.497 e. The van der Waals surface area contributed by atoms with Gasteiger partial charge in [-0.2, -0.15) is 0 Å². The summed E-state index contributed by atoms with van der Waals surface area (Å²) in [6, 6.07) is 15.4. The molecule has 2 N–H and O–H groups in total. The van der Waals surface area contributed by atoms with Crippen molar-refractivity contribution in [1.82, 2.24) is 14.4 Å². The van der Waals surface area contributed by atoms with Gasteiger partial charge in [0, 0.05) is 73.6 Å². The molecule has 2 heterocycles. The van der Waals surface area contributed by atoms with E-state index in [9.17, 15) is 19.2 Å². The minimum Gasteiger partial charge on any atom is -0.497 e. The number of aromatic nitrogens is 1. The van der Waals surface area contributed by atoms with Crippen LogP contribution in [0.5, 0.6) is 5.75 Å². The van der Waals surface area contributed by atoms with Crippen LogP contribution in [0.3, 0.4) is 0 Å². The Kier molecular flexibility index (Phi) is 11.0. The predicted molar refractivity (Wildman–Crippen MR) is 153 cm³/mol. The van der Waals surface area contributed by atoms with Gasteiger partial charge >= 0.3 is 18.0 Å². The molecule has 1 aliphatic rings. The van der Waals surface area contributed by atoms with Gasteiger partial charge in [-0.05, 0) is 44.2 Å². The molecule has 41 heavy (non-hydrogen) atoms. The second kappa shape index (κ2) is 14.7.